The van der Waals surface area contributed by atoms with E-state index in [-0.39, 0.29) is 42.9 Å². The zero-order chi connectivity index (χ0) is 19.7. The molecule has 0 radical (unpaired) electrons. The summed E-state index contributed by atoms with van der Waals surface area (Å²) in [6.07, 6.45) is 2.27. The maximum Gasteiger partial charge on any atom is 0.174 e. The van der Waals surface area contributed by atoms with Crippen LogP contribution in [-0.4, -0.2) is 74.2 Å². The maximum absolute atomic E-state index is 12.8. The summed E-state index contributed by atoms with van der Waals surface area (Å²) in [5.74, 6) is 0.0115. The lowest BCUT2D eigenvalue weighted by Crippen LogP contribution is -2.81. The highest BCUT2D eigenvalue weighted by Crippen LogP contribution is 2.67. The molecule has 1 aromatic carbocycles. The van der Waals surface area contributed by atoms with Crippen LogP contribution in [0, 0.1) is 7.43 Å². The van der Waals surface area contributed by atoms with Gasteiger partial charge in [0, 0.05) is 36.5 Å². The Kier molecular flexibility index (Phi) is 3.47. The summed E-state index contributed by atoms with van der Waals surface area (Å²) in [7, 11) is 2.08. The molecule has 1 saturated heterocycles. The molecule has 0 unspecified atom stereocenters. The number of rotatable bonds is 2. The quantitative estimate of drug-likeness (QED) is 0.433. The zero-order valence-electron chi connectivity index (χ0n) is 16.9. The minimum atomic E-state index is -1.18. The van der Waals surface area contributed by atoms with Gasteiger partial charge in [-0.3, -0.25) is 4.79 Å². The summed E-state index contributed by atoms with van der Waals surface area (Å²) in [4.78, 5) is 12.8. The van der Waals surface area contributed by atoms with Crippen molar-refractivity contribution < 1.29 is 34.4 Å². The van der Waals surface area contributed by atoms with Gasteiger partial charge in [0.05, 0.1) is 19.0 Å². The number of benzene rings is 1. The first-order chi connectivity index (χ1) is 13.1. The minimum absolute atomic E-state index is 0. The number of likely N-dealkylation sites (N-methyl/N-ethyl adjacent to an activating group) is 1. The SMILES string of the molecule is C[N@+]1(CC2(O)CC2)CC[C@]23c4c5c(O)cc(O)c4O[C@H]2C(=O)CC[C@@]3(O)[C@H]1C5.[CH3-]. The molecule has 5 atom stereocenters. The summed E-state index contributed by atoms with van der Waals surface area (Å²) < 4.78 is 6.51. The number of phenolic OH excluding ortho intramolecular Hbond substituents is 2. The second-order valence-electron chi connectivity index (χ2n) is 10.0. The van der Waals surface area contributed by atoms with E-state index in [4.69, 9.17) is 4.74 Å². The van der Waals surface area contributed by atoms with E-state index >= 15 is 0 Å². The van der Waals surface area contributed by atoms with E-state index in [9.17, 15) is 25.2 Å². The molecule has 2 saturated carbocycles. The molecule has 1 aromatic rings. The first-order valence-corrected chi connectivity index (χ1v) is 10.2. The van der Waals surface area contributed by atoms with Gasteiger partial charge in [-0.2, -0.15) is 0 Å². The number of hydrogen-bond acceptors (Lipinski definition) is 6. The third-order valence-electron chi connectivity index (χ3n) is 8.49. The van der Waals surface area contributed by atoms with Crippen LogP contribution in [0.2, 0.25) is 0 Å². The summed E-state index contributed by atoms with van der Waals surface area (Å²) >= 11 is 0. The maximum atomic E-state index is 12.8. The fourth-order valence-corrected chi connectivity index (χ4v) is 7.06. The Morgan fingerprint density at radius 2 is 1.90 bits per heavy atom. The molecule has 2 aliphatic heterocycles. The summed E-state index contributed by atoms with van der Waals surface area (Å²) in [5, 5.41) is 43.9. The number of Topliss-reactive ketones (excluding diaryl/α,β-unsaturated/α-hetero) is 1. The zero-order valence-corrected chi connectivity index (χ0v) is 16.9. The fourth-order valence-electron chi connectivity index (χ4n) is 7.06. The van der Waals surface area contributed by atoms with Gasteiger partial charge in [-0.1, -0.05) is 0 Å². The van der Waals surface area contributed by atoms with Crippen molar-refractivity contribution in [1.29, 1.82) is 0 Å². The average Bonchev–Trinajstić information content (AvgIpc) is 3.21. The summed E-state index contributed by atoms with van der Waals surface area (Å²) in [5.41, 5.74) is -1.48. The highest BCUT2D eigenvalue weighted by Gasteiger charge is 2.77. The van der Waals surface area contributed by atoms with Gasteiger partial charge < -0.3 is 37.1 Å². The number of nitrogens with zero attached hydrogens (tertiary/aromatic N) is 1. The average molecular weight is 403 g/mol. The molecule has 2 heterocycles. The number of carbonyl (C=O) groups excluding carboxylic acids is 1. The Morgan fingerprint density at radius 1 is 1.17 bits per heavy atom. The van der Waals surface area contributed by atoms with Gasteiger partial charge in [0.15, 0.2) is 23.4 Å². The van der Waals surface area contributed by atoms with Gasteiger partial charge in [-0.15, -0.1) is 0 Å². The molecule has 1 spiro atoms. The van der Waals surface area contributed by atoms with Crippen molar-refractivity contribution in [2.45, 2.75) is 67.3 Å². The smallest absolute Gasteiger partial charge is 0.174 e. The summed E-state index contributed by atoms with van der Waals surface area (Å²) in [6.45, 7) is 1.27. The fraction of sp³-hybridized carbons (Fsp3) is 0.636. The lowest BCUT2D eigenvalue weighted by Gasteiger charge is -2.64. The van der Waals surface area contributed by atoms with Crippen molar-refractivity contribution in [3.63, 3.8) is 0 Å². The van der Waals surface area contributed by atoms with Crippen molar-refractivity contribution in [2.24, 2.45) is 0 Å². The molecule has 5 aliphatic rings. The Bertz CT molecular complexity index is 942. The summed E-state index contributed by atoms with van der Waals surface area (Å²) in [6, 6.07) is 1.03. The highest BCUT2D eigenvalue weighted by atomic mass is 16.5. The molecule has 3 aliphatic carbocycles. The monoisotopic (exact) mass is 403 g/mol. The number of hydrogen-bond donors (Lipinski definition) is 4. The first-order valence-electron chi connectivity index (χ1n) is 10.2. The molecular weight excluding hydrogens is 374 g/mol. The molecule has 158 valence electrons. The predicted molar refractivity (Wildman–Crippen MR) is 104 cm³/mol. The van der Waals surface area contributed by atoms with E-state index in [1.807, 2.05) is 0 Å². The second-order valence-corrected chi connectivity index (χ2v) is 10.0. The molecule has 7 nitrogen and oxygen atoms in total. The van der Waals surface area contributed by atoms with Crippen LogP contribution in [0.15, 0.2) is 6.07 Å². The van der Waals surface area contributed by atoms with Crippen molar-refractivity contribution in [3.8, 4) is 17.2 Å². The standard InChI is InChI=1S/C21H25NO6.CH3/c1-22(10-19(26)4-5-19)7-6-20-16-11-8-15(22)21(20,27)3-2-12(23)18(20)28-17(16)14(25)9-13(11)24;/h9,15,18,26-27H,2-8,10H2,1H3,(H-,24,25);1H3/q;-1/p+1/t15-,18+,20+,21-,22-;/m1./s1. The number of likely N-dealkylation sites (tertiary alicyclic amines) is 1. The Morgan fingerprint density at radius 3 is 2.59 bits per heavy atom. The van der Waals surface area contributed by atoms with Crippen LogP contribution < -0.4 is 4.74 Å². The molecular formula is C22H29NO6. The van der Waals surface area contributed by atoms with Crippen LogP contribution in [-0.2, 0) is 16.6 Å². The lowest BCUT2D eigenvalue weighted by molar-refractivity contribution is -0.952. The number of piperidine rings is 1. The minimum Gasteiger partial charge on any atom is -0.508 e. The predicted octanol–water partition coefficient (Wildman–Crippen LogP) is 0.941. The number of ketones is 1. The van der Waals surface area contributed by atoms with Crippen molar-refractivity contribution in [2.75, 3.05) is 20.1 Å². The van der Waals surface area contributed by atoms with E-state index < -0.39 is 22.7 Å². The number of phenols is 2. The van der Waals surface area contributed by atoms with E-state index in [2.05, 4.69) is 7.05 Å². The number of aromatic hydroxyl groups is 2. The number of ether oxygens (including phenoxy) is 1. The Labute approximate surface area is 170 Å². The Hall–Kier alpha value is -1.83. The van der Waals surface area contributed by atoms with Gasteiger partial charge in [0.1, 0.15) is 29.5 Å². The van der Waals surface area contributed by atoms with Crippen molar-refractivity contribution in [1.82, 2.24) is 0 Å². The number of quaternary nitrogens is 1. The van der Waals surface area contributed by atoms with Crippen LogP contribution in [0.1, 0.15) is 43.2 Å². The van der Waals surface area contributed by atoms with Gasteiger partial charge >= 0.3 is 0 Å². The molecule has 0 aromatic heterocycles. The largest absolute Gasteiger partial charge is 0.508 e. The molecule has 7 heteroatoms. The normalized spacial score (nSPS) is 42.5. The number of aliphatic hydroxyl groups is 2. The van der Waals surface area contributed by atoms with Crippen LogP contribution in [0.5, 0.6) is 17.2 Å². The van der Waals surface area contributed by atoms with Crippen LogP contribution in [0.25, 0.3) is 0 Å². The molecule has 3 fully saturated rings. The number of carbonyl (C=O) groups is 1. The Balaban J connectivity index is 0.00000181. The van der Waals surface area contributed by atoms with Crippen molar-refractivity contribution >= 4 is 5.78 Å². The van der Waals surface area contributed by atoms with E-state index in [0.29, 0.717) is 48.0 Å². The second kappa shape index (κ2) is 5.25. The van der Waals surface area contributed by atoms with Gasteiger partial charge in [0.2, 0.25) is 0 Å². The molecule has 6 rings (SSSR count). The lowest BCUT2D eigenvalue weighted by atomic mass is 9.48. The van der Waals surface area contributed by atoms with E-state index in [1.165, 1.54) is 6.07 Å². The van der Waals surface area contributed by atoms with Crippen LogP contribution >= 0.6 is 0 Å². The van der Waals surface area contributed by atoms with Crippen LogP contribution in [0.3, 0.4) is 0 Å². The molecule has 29 heavy (non-hydrogen) atoms. The van der Waals surface area contributed by atoms with Gasteiger partial charge in [-0.25, -0.2) is 0 Å². The van der Waals surface area contributed by atoms with Crippen molar-refractivity contribution in [3.05, 3.63) is 24.6 Å². The third-order valence-corrected chi connectivity index (χ3v) is 8.49. The highest BCUT2D eigenvalue weighted by molar-refractivity contribution is 5.90. The van der Waals surface area contributed by atoms with E-state index in [1.54, 1.807) is 0 Å². The first kappa shape index (κ1) is 19.2. The third kappa shape index (κ3) is 2.01. The van der Waals surface area contributed by atoms with Gasteiger partial charge in [-0.05, 0) is 19.3 Å². The topological polar surface area (TPSA) is 107 Å². The molecule has 2 bridgehead atoms. The van der Waals surface area contributed by atoms with E-state index in [0.717, 1.165) is 12.8 Å². The molecule has 4 N–H and O–H groups in total. The molecule has 0 amide bonds. The van der Waals surface area contributed by atoms with Gasteiger partial charge in [0.25, 0.3) is 0 Å². The van der Waals surface area contributed by atoms with Crippen LogP contribution in [0.4, 0.5) is 0 Å².